The summed E-state index contributed by atoms with van der Waals surface area (Å²) in [5.41, 5.74) is 4.90. The molecule has 0 fully saturated rings. The first-order valence-corrected chi connectivity index (χ1v) is 7.19. The first-order valence-electron chi connectivity index (χ1n) is 7.19. The quantitative estimate of drug-likeness (QED) is 0.844. The van der Waals surface area contributed by atoms with Gasteiger partial charge in [-0.25, -0.2) is 0 Å². The van der Waals surface area contributed by atoms with Crippen LogP contribution in [0.25, 0.3) is 10.9 Å². The van der Waals surface area contributed by atoms with Crippen molar-refractivity contribution in [1.29, 1.82) is 0 Å². The number of carbonyl (C=O) groups excluding carboxylic acids is 1. The van der Waals surface area contributed by atoms with E-state index in [1.165, 1.54) is 16.5 Å². The summed E-state index contributed by atoms with van der Waals surface area (Å²) < 4.78 is 5.06. The van der Waals surface area contributed by atoms with Crippen LogP contribution in [-0.2, 0) is 16.0 Å². The first-order chi connectivity index (χ1) is 9.69. The Balaban J connectivity index is 1.96. The number of esters is 1. The molecule has 4 heteroatoms. The number of fused-ring (bicyclic) bond motifs is 3. The van der Waals surface area contributed by atoms with Gasteiger partial charge < -0.3 is 15.0 Å². The molecule has 20 heavy (non-hydrogen) atoms. The highest BCUT2D eigenvalue weighted by atomic mass is 16.5. The van der Waals surface area contributed by atoms with Crippen LogP contribution in [0.1, 0.15) is 36.2 Å². The number of ether oxygens (including phenoxy) is 1. The number of nitrogens with one attached hydrogen (secondary N) is 2. The zero-order valence-electron chi connectivity index (χ0n) is 12.0. The fourth-order valence-corrected chi connectivity index (χ4v) is 2.98. The molecule has 1 aromatic heterocycles. The standard InChI is InChI=1S/C16H20N2O2/c1-3-20-15(19)9-14-16-11(6-7-17-14)12-8-10(2)4-5-13(12)18-16/h4-5,8,14,17-18H,3,6-7,9H2,1-2H3. The van der Waals surface area contributed by atoms with Gasteiger partial charge >= 0.3 is 5.97 Å². The second-order valence-electron chi connectivity index (χ2n) is 5.33. The molecular weight excluding hydrogens is 252 g/mol. The van der Waals surface area contributed by atoms with Gasteiger partial charge in [-0.15, -0.1) is 0 Å². The molecule has 4 nitrogen and oxygen atoms in total. The number of carbonyl (C=O) groups is 1. The molecule has 2 N–H and O–H groups in total. The van der Waals surface area contributed by atoms with Crippen molar-refractivity contribution >= 4 is 16.9 Å². The maximum Gasteiger partial charge on any atom is 0.307 e. The summed E-state index contributed by atoms with van der Waals surface area (Å²) in [6, 6.07) is 6.48. The van der Waals surface area contributed by atoms with Gasteiger partial charge in [0.1, 0.15) is 0 Å². The van der Waals surface area contributed by atoms with Gasteiger partial charge in [0, 0.05) is 16.6 Å². The minimum Gasteiger partial charge on any atom is -0.466 e. The van der Waals surface area contributed by atoms with E-state index in [1.54, 1.807) is 0 Å². The van der Waals surface area contributed by atoms with Crippen molar-refractivity contribution in [3.8, 4) is 0 Å². The molecule has 1 aromatic carbocycles. The number of rotatable bonds is 3. The highest BCUT2D eigenvalue weighted by Gasteiger charge is 2.26. The lowest BCUT2D eigenvalue weighted by molar-refractivity contribution is -0.143. The van der Waals surface area contributed by atoms with Gasteiger partial charge in [-0.3, -0.25) is 4.79 Å². The lowest BCUT2D eigenvalue weighted by atomic mass is 9.97. The lowest BCUT2D eigenvalue weighted by Gasteiger charge is -2.23. The number of hydrogen-bond donors (Lipinski definition) is 2. The average Bonchev–Trinajstić information content (AvgIpc) is 2.78. The second-order valence-corrected chi connectivity index (χ2v) is 5.33. The fraction of sp³-hybridized carbons (Fsp3) is 0.438. The summed E-state index contributed by atoms with van der Waals surface area (Å²) in [6.45, 7) is 5.28. The Bertz CT molecular complexity index is 645. The number of aryl methyl sites for hydroxylation is 1. The highest BCUT2D eigenvalue weighted by Crippen LogP contribution is 2.32. The number of hydrogen-bond acceptors (Lipinski definition) is 3. The molecule has 0 bridgehead atoms. The highest BCUT2D eigenvalue weighted by molar-refractivity contribution is 5.86. The molecule has 106 valence electrons. The van der Waals surface area contributed by atoms with Crippen LogP contribution in [0.15, 0.2) is 18.2 Å². The van der Waals surface area contributed by atoms with Crippen LogP contribution >= 0.6 is 0 Å². The number of aromatic amines is 1. The smallest absolute Gasteiger partial charge is 0.307 e. The van der Waals surface area contributed by atoms with Crippen LogP contribution in [0.3, 0.4) is 0 Å². The van der Waals surface area contributed by atoms with Crippen LogP contribution < -0.4 is 5.32 Å². The summed E-state index contributed by atoms with van der Waals surface area (Å²) >= 11 is 0. The van der Waals surface area contributed by atoms with Crippen LogP contribution in [0.2, 0.25) is 0 Å². The van der Waals surface area contributed by atoms with Gasteiger partial charge in [-0.2, -0.15) is 0 Å². The normalized spacial score (nSPS) is 18.0. The Morgan fingerprint density at radius 2 is 2.30 bits per heavy atom. The molecule has 2 heterocycles. The third-order valence-corrected chi connectivity index (χ3v) is 3.88. The Hall–Kier alpha value is -1.81. The van der Waals surface area contributed by atoms with E-state index in [-0.39, 0.29) is 12.0 Å². The molecule has 1 aliphatic heterocycles. The molecule has 0 saturated carbocycles. The summed E-state index contributed by atoms with van der Waals surface area (Å²) in [5.74, 6) is -0.146. The van der Waals surface area contributed by atoms with Crippen LogP contribution in [0.4, 0.5) is 0 Å². The van der Waals surface area contributed by atoms with Crippen molar-refractivity contribution < 1.29 is 9.53 Å². The van der Waals surface area contributed by atoms with Gasteiger partial charge in [-0.05, 0) is 44.5 Å². The van der Waals surface area contributed by atoms with Crippen LogP contribution in [0, 0.1) is 6.92 Å². The maximum atomic E-state index is 11.7. The van der Waals surface area contributed by atoms with Crippen molar-refractivity contribution in [3.63, 3.8) is 0 Å². The van der Waals surface area contributed by atoms with Crippen molar-refractivity contribution in [2.24, 2.45) is 0 Å². The topological polar surface area (TPSA) is 54.1 Å². The molecule has 1 aliphatic rings. The number of aromatic nitrogens is 1. The third kappa shape index (κ3) is 2.31. The van der Waals surface area contributed by atoms with E-state index >= 15 is 0 Å². The van der Waals surface area contributed by atoms with Gasteiger partial charge in [0.2, 0.25) is 0 Å². The Kier molecular flexibility index (Phi) is 3.49. The largest absolute Gasteiger partial charge is 0.466 e. The molecule has 1 unspecified atom stereocenters. The molecule has 1 atom stereocenters. The third-order valence-electron chi connectivity index (χ3n) is 3.88. The molecule has 2 aromatic rings. The first kappa shape index (κ1) is 13.2. The van der Waals surface area contributed by atoms with E-state index < -0.39 is 0 Å². The van der Waals surface area contributed by atoms with Crippen molar-refractivity contribution in [2.45, 2.75) is 32.7 Å². The van der Waals surface area contributed by atoms with E-state index in [4.69, 9.17) is 4.74 Å². The Morgan fingerprint density at radius 3 is 3.10 bits per heavy atom. The lowest BCUT2D eigenvalue weighted by Crippen LogP contribution is -2.31. The molecular formula is C16H20N2O2. The average molecular weight is 272 g/mol. The number of benzene rings is 1. The minimum atomic E-state index is -0.146. The van der Waals surface area contributed by atoms with E-state index in [1.807, 2.05) is 6.92 Å². The van der Waals surface area contributed by atoms with Gasteiger partial charge in [0.25, 0.3) is 0 Å². The van der Waals surface area contributed by atoms with E-state index in [2.05, 4.69) is 35.4 Å². The summed E-state index contributed by atoms with van der Waals surface area (Å²) in [5, 5.41) is 4.70. The SMILES string of the molecule is CCOC(=O)CC1NCCc2c1[nH]c1ccc(C)cc21. The van der Waals surface area contributed by atoms with Crippen molar-refractivity contribution in [2.75, 3.05) is 13.2 Å². The van der Waals surface area contributed by atoms with E-state index in [0.717, 1.165) is 24.2 Å². The molecule has 3 rings (SSSR count). The van der Waals surface area contributed by atoms with Crippen molar-refractivity contribution in [1.82, 2.24) is 10.3 Å². The zero-order valence-corrected chi connectivity index (χ0v) is 12.0. The number of H-pyrrole nitrogens is 1. The predicted octanol–water partition coefficient (Wildman–Crippen LogP) is 2.62. The van der Waals surface area contributed by atoms with Crippen molar-refractivity contribution in [3.05, 3.63) is 35.0 Å². The van der Waals surface area contributed by atoms with Gasteiger partial charge in [0.05, 0.1) is 19.1 Å². The molecule has 0 aliphatic carbocycles. The predicted molar refractivity (Wildman–Crippen MR) is 78.7 cm³/mol. The summed E-state index contributed by atoms with van der Waals surface area (Å²) in [4.78, 5) is 15.2. The minimum absolute atomic E-state index is 0.0329. The van der Waals surface area contributed by atoms with Gasteiger partial charge in [-0.1, -0.05) is 11.6 Å². The zero-order chi connectivity index (χ0) is 14.1. The second kappa shape index (κ2) is 5.29. The van der Waals surface area contributed by atoms with Gasteiger partial charge in [0.15, 0.2) is 0 Å². The molecule has 0 spiro atoms. The summed E-state index contributed by atoms with van der Waals surface area (Å²) in [7, 11) is 0. The Morgan fingerprint density at radius 1 is 1.45 bits per heavy atom. The van der Waals surface area contributed by atoms with E-state index in [0.29, 0.717) is 13.0 Å². The molecule has 0 amide bonds. The van der Waals surface area contributed by atoms with Crippen LogP contribution in [0.5, 0.6) is 0 Å². The maximum absolute atomic E-state index is 11.7. The van der Waals surface area contributed by atoms with E-state index in [9.17, 15) is 4.79 Å². The van der Waals surface area contributed by atoms with Crippen LogP contribution in [-0.4, -0.2) is 24.1 Å². The summed E-state index contributed by atoms with van der Waals surface area (Å²) in [6.07, 6.45) is 1.38. The Labute approximate surface area is 118 Å². The molecule has 0 radical (unpaired) electrons. The molecule has 0 saturated heterocycles. The monoisotopic (exact) mass is 272 g/mol. The fourth-order valence-electron chi connectivity index (χ4n) is 2.98.